The number of anilines is 2. The van der Waals surface area contributed by atoms with Crippen LogP contribution in [-0.4, -0.2) is 18.4 Å². The van der Waals surface area contributed by atoms with Crippen LogP contribution in [0.25, 0.3) is 0 Å². The highest BCUT2D eigenvalue weighted by Crippen LogP contribution is 2.29. The number of nitrogens with one attached hydrogen (secondary N) is 1. The number of carbonyl (C=O) groups is 2. The molecule has 2 aromatic rings. The van der Waals surface area contributed by atoms with E-state index >= 15 is 0 Å². The Hall–Kier alpha value is -2.33. The minimum absolute atomic E-state index is 0.0257. The quantitative estimate of drug-likeness (QED) is 0.911. The second kappa shape index (κ2) is 6.05. The molecule has 5 heteroatoms. The topological polar surface area (TPSA) is 49.4 Å². The van der Waals surface area contributed by atoms with Crippen LogP contribution >= 0.6 is 11.6 Å². The Balaban J connectivity index is 1.82. The van der Waals surface area contributed by atoms with Crippen LogP contribution in [0.4, 0.5) is 11.4 Å². The minimum atomic E-state index is -0.167. The summed E-state index contributed by atoms with van der Waals surface area (Å²) in [4.78, 5) is 25.7. The summed E-state index contributed by atoms with van der Waals surface area (Å²) in [5.41, 5.74) is 4.17. The van der Waals surface area contributed by atoms with E-state index in [0.29, 0.717) is 17.1 Å². The number of aryl methyl sites for hydroxylation is 1. The van der Waals surface area contributed by atoms with Crippen LogP contribution in [0.15, 0.2) is 36.4 Å². The van der Waals surface area contributed by atoms with Gasteiger partial charge in [0.1, 0.15) is 0 Å². The van der Waals surface area contributed by atoms with E-state index in [1.807, 2.05) is 25.1 Å². The van der Waals surface area contributed by atoms with Crippen molar-refractivity contribution in [2.45, 2.75) is 20.3 Å². The fourth-order valence-electron chi connectivity index (χ4n) is 2.83. The Kier molecular flexibility index (Phi) is 4.09. The van der Waals surface area contributed by atoms with Gasteiger partial charge in [0, 0.05) is 35.4 Å². The molecule has 1 heterocycles. The number of fused-ring (bicyclic) bond motifs is 1. The number of amides is 2. The van der Waals surface area contributed by atoms with Gasteiger partial charge in [0.2, 0.25) is 5.91 Å². The molecule has 0 atom stereocenters. The Labute approximate surface area is 140 Å². The number of rotatable bonds is 2. The molecule has 0 saturated carbocycles. The van der Waals surface area contributed by atoms with Gasteiger partial charge in [-0.1, -0.05) is 11.6 Å². The molecular weight excluding hydrogens is 312 g/mol. The number of hydrogen-bond acceptors (Lipinski definition) is 2. The van der Waals surface area contributed by atoms with Gasteiger partial charge in [-0.15, -0.1) is 0 Å². The van der Waals surface area contributed by atoms with E-state index in [9.17, 15) is 9.59 Å². The van der Waals surface area contributed by atoms with Crippen molar-refractivity contribution in [3.8, 4) is 0 Å². The molecule has 118 valence electrons. The second-order valence-electron chi connectivity index (χ2n) is 5.68. The first-order valence-electron chi connectivity index (χ1n) is 7.44. The van der Waals surface area contributed by atoms with Crippen LogP contribution in [-0.2, 0) is 11.2 Å². The lowest BCUT2D eigenvalue weighted by atomic mass is 10.1. The number of halogens is 1. The van der Waals surface area contributed by atoms with Gasteiger partial charge >= 0.3 is 0 Å². The van der Waals surface area contributed by atoms with Crippen molar-refractivity contribution in [1.82, 2.24) is 0 Å². The zero-order valence-electron chi connectivity index (χ0n) is 13.0. The number of hydrogen-bond donors (Lipinski definition) is 1. The molecular formula is C18H17ClN2O2. The van der Waals surface area contributed by atoms with Crippen molar-refractivity contribution in [2.24, 2.45) is 0 Å². The molecule has 23 heavy (non-hydrogen) atoms. The molecule has 0 spiro atoms. The molecule has 0 fully saturated rings. The Morgan fingerprint density at radius 2 is 1.96 bits per heavy atom. The second-order valence-corrected chi connectivity index (χ2v) is 6.11. The first-order chi connectivity index (χ1) is 11.0. The van der Waals surface area contributed by atoms with Crippen molar-refractivity contribution >= 4 is 34.8 Å². The number of carbonyl (C=O) groups excluding carboxylic acids is 2. The molecule has 0 aromatic heterocycles. The summed E-state index contributed by atoms with van der Waals surface area (Å²) in [6.07, 6.45) is 0.774. The van der Waals surface area contributed by atoms with E-state index in [-0.39, 0.29) is 11.8 Å². The van der Waals surface area contributed by atoms with E-state index < -0.39 is 0 Å². The molecule has 4 nitrogen and oxygen atoms in total. The largest absolute Gasteiger partial charge is 0.322 e. The summed E-state index contributed by atoms with van der Waals surface area (Å²) in [5.74, 6) is -0.141. The molecule has 1 N–H and O–H groups in total. The molecule has 0 radical (unpaired) electrons. The molecule has 2 aromatic carbocycles. The van der Waals surface area contributed by atoms with Crippen LogP contribution < -0.4 is 10.2 Å². The van der Waals surface area contributed by atoms with Crippen LogP contribution in [0.1, 0.15) is 28.4 Å². The lowest BCUT2D eigenvalue weighted by molar-refractivity contribution is -0.116. The van der Waals surface area contributed by atoms with Gasteiger partial charge in [0.25, 0.3) is 5.91 Å². The number of nitrogens with zero attached hydrogens (tertiary/aromatic N) is 1. The van der Waals surface area contributed by atoms with Gasteiger partial charge in [-0.05, 0) is 60.9 Å². The van der Waals surface area contributed by atoms with E-state index in [2.05, 4.69) is 5.32 Å². The lowest BCUT2D eigenvalue weighted by Gasteiger charge is -2.15. The van der Waals surface area contributed by atoms with Crippen LogP contribution in [0.5, 0.6) is 0 Å². The van der Waals surface area contributed by atoms with Gasteiger partial charge in [-0.2, -0.15) is 0 Å². The molecule has 1 aliphatic heterocycles. The van der Waals surface area contributed by atoms with Crippen molar-refractivity contribution in [1.29, 1.82) is 0 Å². The van der Waals surface area contributed by atoms with Crippen LogP contribution in [0, 0.1) is 6.92 Å². The average molecular weight is 329 g/mol. The van der Waals surface area contributed by atoms with Gasteiger partial charge in [0.15, 0.2) is 0 Å². The normalized spacial score (nSPS) is 12.9. The smallest absolute Gasteiger partial charge is 0.255 e. The summed E-state index contributed by atoms with van der Waals surface area (Å²) in [5, 5.41) is 3.54. The van der Waals surface area contributed by atoms with E-state index in [4.69, 9.17) is 11.6 Å². The molecule has 1 aliphatic rings. The molecule has 0 aliphatic carbocycles. The third-order valence-electron chi connectivity index (χ3n) is 4.05. The van der Waals surface area contributed by atoms with E-state index in [1.54, 1.807) is 30.0 Å². The fraction of sp³-hybridized carbons (Fsp3) is 0.222. The average Bonchev–Trinajstić information content (AvgIpc) is 2.93. The summed E-state index contributed by atoms with van der Waals surface area (Å²) < 4.78 is 0. The molecule has 0 bridgehead atoms. The predicted molar refractivity (Wildman–Crippen MR) is 92.3 cm³/mol. The fourth-order valence-corrected chi connectivity index (χ4v) is 3.06. The minimum Gasteiger partial charge on any atom is -0.322 e. The molecule has 2 amide bonds. The monoisotopic (exact) mass is 328 g/mol. The standard InChI is InChI=1S/C18H17ClN2O2/c1-11-9-15(19)4-5-16(11)20-18(23)14-3-6-17-13(10-14)7-8-21(17)12(2)22/h3-6,9-10H,7-8H2,1-2H3,(H,20,23). The first-order valence-corrected chi connectivity index (χ1v) is 7.82. The maximum atomic E-state index is 12.4. The Morgan fingerprint density at radius 3 is 2.65 bits per heavy atom. The van der Waals surface area contributed by atoms with Gasteiger partial charge in [-0.25, -0.2) is 0 Å². The Morgan fingerprint density at radius 1 is 1.17 bits per heavy atom. The third-order valence-corrected chi connectivity index (χ3v) is 4.29. The summed E-state index contributed by atoms with van der Waals surface area (Å²) in [6, 6.07) is 10.8. The van der Waals surface area contributed by atoms with Crippen LogP contribution in [0.3, 0.4) is 0 Å². The van der Waals surface area contributed by atoms with Crippen molar-refractivity contribution < 1.29 is 9.59 Å². The maximum absolute atomic E-state index is 12.4. The maximum Gasteiger partial charge on any atom is 0.255 e. The zero-order valence-corrected chi connectivity index (χ0v) is 13.8. The first kappa shape index (κ1) is 15.6. The highest BCUT2D eigenvalue weighted by Gasteiger charge is 2.23. The van der Waals surface area contributed by atoms with Crippen molar-refractivity contribution in [2.75, 3.05) is 16.8 Å². The molecule has 3 rings (SSSR count). The van der Waals surface area contributed by atoms with E-state index in [0.717, 1.165) is 28.9 Å². The third kappa shape index (κ3) is 3.08. The highest BCUT2D eigenvalue weighted by molar-refractivity contribution is 6.30. The zero-order chi connectivity index (χ0) is 16.6. The van der Waals surface area contributed by atoms with Crippen molar-refractivity contribution in [3.63, 3.8) is 0 Å². The summed E-state index contributed by atoms with van der Waals surface area (Å²) >= 11 is 5.93. The predicted octanol–water partition coefficient (Wildman–Crippen LogP) is 3.81. The summed E-state index contributed by atoms with van der Waals surface area (Å²) in [6.45, 7) is 4.12. The Bertz CT molecular complexity index is 802. The highest BCUT2D eigenvalue weighted by atomic mass is 35.5. The molecule has 0 saturated heterocycles. The van der Waals surface area contributed by atoms with Gasteiger partial charge in [-0.3, -0.25) is 9.59 Å². The van der Waals surface area contributed by atoms with Gasteiger partial charge < -0.3 is 10.2 Å². The van der Waals surface area contributed by atoms with Crippen LogP contribution in [0.2, 0.25) is 5.02 Å². The van der Waals surface area contributed by atoms with E-state index in [1.165, 1.54) is 0 Å². The SMILES string of the molecule is CC(=O)N1CCc2cc(C(=O)Nc3ccc(Cl)cc3C)ccc21. The number of benzene rings is 2. The van der Waals surface area contributed by atoms with Gasteiger partial charge in [0.05, 0.1) is 0 Å². The molecule has 0 unspecified atom stereocenters. The lowest BCUT2D eigenvalue weighted by Crippen LogP contribution is -2.25. The summed E-state index contributed by atoms with van der Waals surface area (Å²) in [7, 11) is 0. The van der Waals surface area contributed by atoms with Crippen molar-refractivity contribution in [3.05, 3.63) is 58.1 Å².